The summed E-state index contributed by atoms with van der Waals surface area (Å²) in [5, 5.41) is 7.05. The minimum Gasteiger partial charge on any atom is -0.372 e. The SMILES string of the molecule is Clc1ccc(C2=CNCN2)cc1. The zero-order valence-corrected chi connectivity index (χ0v) is 7.23. The zero-order chi connectivity index (χ0) is 8.39. The Labute approximate surface area is 76.2 Å². The summed E-state index contributed by atoms with van der Waals surface area (Å²) in [6.07, 6.45) is 1.96. The van der Waals surface area contributed by atoms with Crippen LogP contribution in [0.15, 0.2) is 30.5 Å². The molecule has 0 spiro atoms. The Morgan fingerprint density at radius 2 is 1.92 bits per heavy atom. The molecule has 12 heavy (non-hydrogen) atoms. The van der Waals surface area contributed by atoms with E-state index < -0.39 is 0 Å². The first-order valence-corrected chi connectivity index (χ1v) is 4.17. The van der Waals surface area contributed by atoms with Crippen LogP contribution < -0.4 is 10.6 Å². The van der Waals surface area contributed by atoms with Crippen molar-refractivity contribution in [3.8, 4) is 0 Å². The van der Waals surface area contributed by atoms with Gasteiger partial charge < -0.3 is 10.6 Å². The fourth-order valence-electron chi connectivity index (χ4n) is 1.17. The maximum absolute atomic E-state index is 5.76. The first-order valence-electron chi connectivity index (χ1n) is 3.79. The molecule has 2 N–H and O–H groups in total. The zero-order valence-electron chi connectivity index (χ0n) is 6.47. The van der Waals surface area contributed by atoms with Gasteiger partial charge in [0.15, 0.2) is 0 Å². The second-order valence-corrected chi connectivity index (χ2v) is 3.06. The van der Waals surface area contributed by atoms with E-state index in [1.54, 1.807) is 0 Å². The Morgan fingerprint density at radius 1 is 1.17 bits per heavy atom. The van der Waals surface area contributed by atoms with Crippen LogP contribution in [0.25, 0.3) is 5.70 Å². The predicted octanol–water partition coefficient (Wildman–Crippen LogP) is 1.79. The number of halogens is 1. The number of hydrogen-bond acceptors (Lipinski definition) is 2. The average Bonchev–Trinajstić information content (AvgIpc) is 2.58. The standard InChI is InChI=1S/C9H9ClN2/c10-8-3-1-7(2-4-8)9-5-11-6-12-9/h1-5,11-12H,6H2. The van der Waals surface area contributed by atoms with Crippen molar-refractivity contribution in [2.24, 2.45) is 0 Å². The average molecular weight is 181 g/mol. The lowest BCUT2D eigenvalue weighted by molar-refractivity contribution is 0.843. The normalized spacial score (nSPS) is 14.9. The summed E-state index contributed by atoms with van der Waals surface area (Å²) in [5.74, 6) is 0. The molecule has 1 aliphatic heterocycles. The molecule has 1 aliphatic rings. The Balaban J connectivity index is 2.28. The third kappa shape index (κ3) is 1.38. The number of benzene rings is 1. The van der Waals surface area contributed by atoms with Crippen molar-refractivity contribution in [1.29, 1.82) is 0 Å². The van der Waals surface area contributed by atoms with E-state index in [4.69, 9.17) is 11.6 Å². The summed E-state index contributed by atoms with van der Waals surface area (Å²) < 4.78 is 0. The molecule has 2 nitrogen and oxygen atoms in total. The third-order valence-corrected chi connectivity index (χ3v) is 2.03. The highest BCUT2D eigenvalue weighted by molar-refractivity contribution is 6.30. The summed E-state index contributed by atoms with van der Waals surface area (Å²) in [6, 6.07) is 7.76. The molecule has 0 atom stereocenters. The lowest BCUT2D eigenvalue weighted by atomic mass is 10.2. The molecule has 1 aromatic rings. The largest absolute Gasteiger partial charge is 0.372 e. The van der Waals surface area contributed by atoms with Gasteiger partial charge in [0.05, 0.1) is 12.4 Å². The molecule has 0 bridgehead atoms. The second kappa shape index (κ2) is 3.07. The summed E-state index contributed by atoms with van der Waals surface area (Å²) in [4.78, 5) is 0. The number of rotatable bonds is 1. The minimum atomic E-state index is 0.769. The molecular weight excluding hydrogens is 172 g/mol. The van der Waals surface area contributed by atoms with Crippen LogP contribution in [-0.4, -0.2) is 6.67 Å². The van der Waals surface area contributed by atoms with E-state index in [-0.39, 0.29) is 0 Å². The van der Waals surface area contributed by atoms with Gasteiger partial charge in [0.25, 0.3) is 0 Å². The van der Waals surface area contributed by atoms with E-state index >= 15 is 0 Å². The van der Waals surface area contributed by atoms with Crippen LogP contribution in [0.2, 0.25) is 5.02 Å². The predicted molar refractivity (Wildman–Crippen MR) is 50.6 cm³/mol. The summed E-state index contributed by atoms with van der Waals surface area (Å²) >= 11 is 5.76. The van der Waals surface area contributed by atoms with Crippen molar-refractivity contribution >= 4 is 17.3 Å². The first kappa shape index (κ1) is 7.50. The van der Waals surface area contributed by atoms with Crippen LogP contribution in [-0.2, 0) is 0 Å². The Bertz CT molecular complexity index is 303. The molecule has 3 heteroatoms. The molecule has 2 rings (SSSR count). The molecule has 0 saturated heterocycles. The van der Waals surface area contributed by atoms with Gasteiger partial charge in [-0.05, 0) is 17.7 Å². The van der Waals surface area contributed by atoms with Crippen LogP contribution in [0, 0.1) is 0 Å². The highest BCUT2D eigenvalue weighted by Crippen LogP contribution is 2.15. The van der Waals surface area contributed by atoms with Gasteiger partial charge in [-0.3, -0.25) is 0 Å². The lowest BCUT2D eigenvalue weighted by Crippen LogP contribution is -2.13. The smallest absolute Gasteiger partial charge is 0.0846 e. The van der Waals surface area contributed by atoms with Crippen molar-refractivity contribution in [1.82, 2.24) is 10.6 Å². The maximum Gasteiger partial charge on any atom is 0.0846 e. The molecule has 0 saturated carbocycles. The molecule has 0 radical (unpaired) electrons. The van der Waals surface area contributed by atoms with Gasteiger partial charge in [-0.15, -0.1) is 0 Å². The Kier molecular flexibility index (Phi) is 1.92. The lowest BCUT2D eigenvalue weighted by Gasteiger charge is -2.01. The minimum absolute atomic E-state index is 0.769. The van der Waals surface area contributed by atoms with Crippen molar-refractivity contribution in [3.63, 3.8) is 0 Å². The van der Waals surface area contributed by atoms with E-state index in [0.717, 1.165) is 23.0 Å². The number of nitrogens with one attached hydrogen (secondary N) is 2. The van der Waals surface area contributed by atoms with Crippen LogP contribution in [0.4, 0.5) is 0 Å². The van der Waals surface area contributed by atoms with Gasteiger partial charge in [0.2, 0.25) is 0 Å². The second-order valence-electron chi connectivity index (χ2n) is 2.62. The summed E-state index contributed by atoms with van der Waals surface area (Å²) in [6.45, 7) is 0.804. The Morgan fingerprint density at radius 3 is 2.50 bits per heavy atom. The van der Waals surface area contributed by atoms with Gasteiger partial charge in [-0.1, -0.05) is 23.7 Å². The van der Waals surface area contributed by atoms with Gasteiger partial charge in [-0.25, -0.2) is 0 Å². The summed E-state index contributed by atoms with van der Waals surface area (Å²) in [7, 11) is 0. The van der Waals surface area contributed by atoms with E-state index in [1.807, 2.05) is 30.5 Å². The molecule has 0 amide bonds. The molecule has 0 fully saturated rings. The Hall–Kier alpha value is -1.15. The highest BCUT2D eigenvalue weighted by Gasteiger charge is 2.03. The molecular formula is C9H9ClN2. The van der Waals surface area contributed by atoms with Crippen LogP contribution in [0.3, 0.4) is 0 Å². The van der Waals surface area contributed by atoms with Crippen LogP contribution in [0.1, 0.15) is 5.56 Å². The molecule has 1 heterocycles. The van der Waals surface area contributed by atoms with Gasteiger partial charge in [-0.2, -0.15) is 0 Å². The maximum atomic E-state index is 5.76. The molecule has 1 aromatic carbocycles. The molecule has 0 unspecified atom stereocenters. The van der Waals surface area contributed by atoms with Crippen molar-refractivity contribution < 1.29 is 0 Å². The molecule has 62 valence electrons. The van der Waals surface area contributed by atoms with E-state index in [2.05, 4.69) is 10.6 Å². The van der Waals surface area contributed by atoms with Crippen LogP contribution in [0.5, 0.6) is 0 Å². The molecule has 0 aliphatic carbocycles. The summed E-state index contributed by atoms with van der Waals surface area (Å²) in [5.41, 5.74) is 2.27. The van der Waals surface area contributed by atoms with Crippen molar-refractivity contribution in [3.05, 3.63) is 41.1 Å². The quantitative estimate of drug-likeness (QED) is 0.689. The van der Waals surface area contributed by atoms with Gasteiger partial charge >= 0.3 is 0 Å². The van der Waals surface area contributed by atoms with E-state index in [9.17, 15) is 0 Å². The van der Waals surface area contributed by atoms with E-state index in [1.165, 1.54) is 0 Å². The van der Waals surface area contributed by atoms with Crippen molar-refractivity contribution in [2.75, 3.05) is 6.67 Å². The van der Waals surface area contributed by atoms with Gasteiger partial charge in [0.1, 0.15) is 0 Å². The number of hydrogen-bond donors (Lipinski definition) is 2. The topological polar surface area (TPSA) is 24.1 Å². The highest BCUT2D eigenvalue weighted by atomic mass is 35.5. The van der Waals surface area contributed by atoms with Crippen molar-refractivity contribution in [2.45, 2.75) is 0 Å². The van der Waals surface area contributed by atoms with Crippen LogP contribution >= 0.6 is 11.6 Å². The van der Waals surface area contributed by atoms with Gasteiger partial charge in [0, 0.05) is 11.2 Å². The fraction of sp³-hybridized carbons (Fsp3) is 0.111. The molecule has 0 aromatic heterocycles. The monoisotopic (exact) mass is 180 g/mol. The first-order chi connectivity index (χ1) is 5.86. The van der Waals surface area contributed by atoms with E-state index in [0.29, 0.717) is 0 Å². The third-order valence-electron chi connectivity index (χ3n) is 1.78. The fourth-order valence-corrected chi connectivity index (χ4v) is 1.29.